The largest absolute Gasteiger partial charge is 0.456 e. The molecule has 0 fully saturated rings. The summed E-state index contributed by atoms with van der Waals surface area (Å²) in [5.41, 5.74) is 3.37. The predicted octanol–water partition coefficient (Wildman–Crippen LogP) is 8.02. The summed E-state index contributed by atoms with van der Waals surface area (Å²) in [4.78, 5) is 32.2. The van der Waals surface area contributed by atoms with Gasteiger partial charge in [-0.25, -0.2) is 4.99 Å². The van der Waals surface area contributed by atoms with Gasteiger partial charge in [0.05, 0.1) is 27.7 Å². The number of nitriles is 1. The Labute approximate surface area is 259 Å². The fourth-order valence-electron chi connectivity index (χ4n) is 4.83. The zero-order valence-electron chi connectivity index (χ0n) is 23.7. The van der Waals surface area contributed by atoms with Crippen LogP contribution in [-0.4, -0.2) is 22.6 Å². The summed E-state index contributed by atoms with van der Waals surface area (Å²) in [7, 11) is 0. The number of carbonyl (C=O) groups excluding carboxylic acids is 2. The van der Waals surface area contributed by atoms with Crippen molar-refractivity contribution < 1.29 is 14.3 Å². The van der Waals surface area contributed by atoms with E-state index in [1.165, 1.54) is 23.1 Å². The van der Waals surface area contributed by atoms with Crippen molar-refractivity contribution >= 4 is 51.3 Å². The molecule has 0 spiro atoms. The lowest BCUT2D eigenvalue weighted by molar-refractivity contribution is -0.114. The summed E-state index contributed by atoms with van der Waals surface area (Å²) in [6, 6.07) is 30.5. The highest BCUT2D eigenvalue weighted by atomic mass is 32.2. The Bertz CT molecular complexity index is 1710. The number of hydrogen-bond donors (Lipinski definition) is 2. The summed E-state index contributed by atoms with van der Waals surface area (Å²) in [6.45, 7) is 3.83. The quantitative estimate of drug-likeness (QED) is 0.201. The molecule has 0 radical (unpaired) electrons. The molecule has 1 aromatic heterocycles. The molecular formula is C34H30N4O3S2. The van der Waals surface area contributed by atoms with Crippen LogP contribution in [0.1, 0.15) is 30.2 Å². The zero-order valence-corrected chi connectivity index (χ0v) is 25.4. The van der Waals surface area contributed by atoms with Crippen molar-refractivity contribution in [1.29, 1.82) is 5.26 Å². The van der Waals surface area contributed by atoms with E-state index in [1.807, 2.05) is 96.4 Å². The fraction of sp³-hybridized carbons (Fsp3) is 0.176. The second kappa shape index (κ2) is 14.0. The maximum atomic E-state index is 13.8. The average molecular weight is 607 g/mol. The maximum absolute atomic E-state index is 13.8. The van der Waals surface area contributed by atoms with Crippen LogP contribution >= 0.6 is 23.1 Å². The number of ether oxygens (including phenoxy) is 1. The number of aliphatic imine (C=N–C) groups is 1. The van der Waals surface area contributed by atoms with Crippen molar-refractivity contribution in [3.8, 4) is 17.6 Å². The van der Waals surface area contributed by atoms with Gasteiger partial charge in [-0.15, -0.1) is 11.3 Å². The van der Waals surface area contributed by atoms with Crippen molar-refractivity contribution in [2.24, 2.45) is 10.9 Å². The topological polar surface area (TPSA) is 104 Å². The normalized spacial score (nSPS) is 16.2. The standard InChI is InChI=1S/C34H30N4O3S2/c1-3-23-11-10-14-25(19-23)37-29(39)21-43-34-27(20-35)31(32-28(17-18-42-32)41-26-15-8-5-9-16-26)30(22(2)36-34)33(40)38-24-12-6-4-7-13-24/h4-19,27,31H,3,21H2,1-2H3,(H,37,39)(H,38,40). The van der Waals surface area contributed by atoms with E-state index in [2.05, 4.69) is 23.6 Å². The first-order valence-electron chi connectivity index (χ1n) is 13.8. The van der Waals surface area contributed by atoms with Crippen molar-refractivity contribution in [2.75, 3.05) is 16.4 Å². The van der Waals surface area contributed by atoms with Crippen LogP contribution in [0.3, 0.4) is 0 Å². The molecule has 0 saturated carbocycles. The Hall–Kier alpha value is -4.65. The van der Waals surface area contributed by atoms with E-state index in [-0.39, 0.29) is 17.6 Å². The second-order valence-electron chi connectivity index (χ2n) is 9.81. The minimum atomic E-state index is -0.807. The van der Waals surface area contributed by atoms with E-state index in [4.69, 9.17) is 9.73 Å². The summed E-state index contributed by atoms with van der Waals surface area (Å²) >= 11 is 2.63. The number of benzene rings is 3. The molecule has 2 heterocycles. The van der Waals surface area contributed by atoms with Crippen LogP contribution < -0.4 is 15.4 Å². The number of thioether (sulfide) groups is 1. The number of rotatable bonds is 9. The molecule has 0 bridgehead atoms. The summed E-state index contributed by atoms with van der Waals surface area (Å²) in [5.74, 6) is -0.720. The minimum Gasteiger partial charge on any atom is -0.456 e. The number of nitrogens with one attached hydrogen (secondary N) is 2. The van der Waals surface area contributed by atoms with Gasteiger partial charge in [0.15, 0.2) is 0 Å². The van der Waals surface area contributed by atoms with Crippen molar-refractivity contribution in [3.63, 3.8) is 0 Å². The number of hydrogen-bond acceptors (Lipinski definition) is 7. The first kappa shape index (κ1) is 29.8. The van der Waals surface area contributed by atoms with Gasteiger partial charge in [0, 0.05) is 22.6 Å². The number of carbonyl (C=O) groups is 2. The number of amides is 2. The van der Waals surface area contributed by atoms with Gasteiger partial charge in [-0.1, -0.05) is 67.2 Å². The van der Waals surface area contributed by atoms with Crippen molar-refractivity contribution in [3.05, 3.63) is 118 Å². The Morgan fingerprint density at radius 2 is 1.70 bits per heavy atom. The fourth-order valence-corrected chi connectivity index (χ4v) is 6.72. The highest BCUT2D eigenvalue weighted by Gasteiger charge is 2.41. The van der Waals surface area contributed by atoms with Gasteiger partial charge >= 0.3 is 0 Å². The van der Waals surface area contributed by atoms with Crippen LogP contribution in [0.4, 0.5) is 11.4 Å². The molecule has 2 amide bonds. The summed E-state index contributed by atoms with van der Waals surface area (Å²) in [6.07, 6.45) is 0.866. The molecule has 7 nitrogen and oxygen atoms in total. The van der Waals surface area contributed by atoms with E-state index in [1.54, 1.807) is 6.92 Å². The Balaban J connectivity index is 1.46. The highest BCUT2D eigenvalue weighted by Crippen LogP contribution is 2.47. The van der Waals surface area contributed by atoms with Gasteiger partial charge in [-0.2, -0.15) is 5.26 Å². The smallest absolute Gasteiger partial charge is 0.254 e. The molecule has 4 aromatic rings. The lowest BCUT2D eigenvalue weighted by Gasteiger charge is -2.30. The third-order valence-corrected chi connectivity index (χ3v) is 8.90. The Morgan fingerprint density at radius 3 is 2.42 bits per heavy atom. The third-order valence-electron chi connectivity index (χ3n) is 6.87. The lowest BCUT2D eigenvalue weighted by Crippen LogP contribution is -2.31. The van der Waals surface area contributed by atoms with Gasteiger partial charge in [0.2, 0.25) is 5.91 Å². The van der Waals surface area contributed by atoms with Crippen LogP contribution in [0.2, 0.25) is 0 Å². The molecule has 9 heteroatoms. The van der Waals surface area contributed by atoms with Gasteiger partial charge < -0.3 is 15.4 Å². The highest BCUT2D eigenvalue weighted by molar-refractivity contribution is 8.14. The molecule has 0 aliphatic carbocycles. The predicted molar refractivity (Wildman–Crippen MR) is 175 cm³/mol. The molecule has 43 heavy (non-hydrogen) atoms. The number of aryl methyl sites for hydroxylation is 1. The number of anilines is 2. The van der Waals surface area contributed by atoms with E-state index in [0.29, 0.717) is 33.5 Å². The van der Waals surface area contributed by atoms with E-state index < -0.39 is 11.8 Å². The van der Waals surface area contributed by atoms with Crippen LogP contribution in [-0.2, 0) is 16.0 Å². The van der Waals surface area contributed by atoms with E-state index >= 15 is 0 Å². The van der Waals surface area contributed by atoms with Gasteiger partial charge in [0.1, 0.15) is 17.4 Å². The minimum absolute atomic E-state index is 0.0662. The summed E-state index contributed by atoms with van der Waals surface area (Å²) < 4.78 is 6.23. The van der Waals surface area contributed by atoms with Gasteiger partial charge in [-0.05, 0) is 66.8 Å². The molecule has 1 aliphatic heterocycles. The Kier molecular flexibility index (Phi) is 9.72. The lowest BCUT2D eigenvalue weighted by atomic mass is 9.82. The first-order chi connectivity index (χ1) is 21.0. The third kappa shape index (κ3) is 7.23. The number of allylic oxidation sites excluding steroid dienone is 1. The van der Waals surface area contributed by atoms with Gasteiger partial charge in [-0.3, -0.25) is 9.59 Å². The molecule has 0 saturated heterocycles. The average Bonchev–Trinajstić information content (AvgIpc) is 3.48. The zero-order chi connectivity index (χ0) is 30.2. The number of thiophene rings is 1. The van der Waals surface area contributed by atoms with E-state index in [0.717, 1.165) is 22.5 Å². The summed E-state index contributed by atoms with van der Waals surface area (Å²) in [5, 5.41) is 18.8. The SMILES string of the molecule is CCc1cccc(NC(=O)CSC2=NC(C)=C(C(=O)Nc3ccccc3)C(c3sccc3Oc3ccccc3)C2C#N)c1. The second-order valence-corrected chi connectivity index (χ2v) is 11.8. The maximum Gasteiger partial charge on any atom is 0.254 e. The van der Waals surface area contributed by atoms with Crippen molar-refractivity contribution in [1.82, 2.24) is 0 Å². The molecule has 3 aromatic carbocycles. The van der Waals surface area contributed by atoms with Crippen LogP contribution in [0.15, 0.2) is 113 Å². The van der Waals surface area contributed by atoms with Crippen LogP contribution in [0, 0.1) is 17.2 Å². The molecule has 216 valence electrons. The molecular weight excluding hydrogens is 577 g/mol. The molecule has 2 unspecified atom stereocenters. The van der Waals surface area contributed by atoms with Crippen molar-refractivity contribution in [2.45, 2.75) is 26.2 Å². The number of para-hydroxylation sites is 2. The molecule has 2 atom stereocenters. The molecule has 2 N–H and O–H groups in total. The molecule has 5 rings (SSSR count). The monoisotopic (exact) mass is 606 g/mol. The molecule has 1 aliphatic rings. The van der Waals surface area contributed by atoms with Gasteiger partial charge in [0.25, 0.3) is 5.91 Å². The van der Waals surface area contributed by atoms with E-state index in [9.17, 15) is 14.9 Å². The van der Waals surface area contributed by atoms with Crippen LogP contribution in [0.25, 0.3) is 0 Å². The Morgan fingerprint density at radius 1 is 0.977 bits per heavy atom. The van der Waals surface area contributed by atoms with Crippen LogP contribution in [0.5, 0.6) is 11.5 Å². The number of nitrogens with zero attached hydrogens (tertiary/aromatic N) is 2. The first-order valence-corrected chi connectivity index (χ1v) is 15.7.